The quantitative estimate of drug-likeness (QED) is 0.566. The molecule has 32 heavy (non-hydrogen) atoms. The minimum absolute atomic E-state index is 0.106. The van der Waals surface area contributed by atoms with E-state index in [-0.39, 0.29) is 28.9 Å². The monoisotopic (exact) mass is 498 g/mol. The van der Waals surface area contributed by atoms with Crippen LogP contribution in [-0.2, 0) is 10.0 Å². The number of piperidine rings is 1. The van der Waals surface area contributed by atoms with Gasteiger partial charge in [-0.2, -0.15) is 4.31 Å². The summed E-state index contributed by atoms with van der Waals surface area (Å²) in [5, 5.41) is 12.0. The van der Waals surface area contributed by atoms with Gasteiger partial charge in [0.15, 0.2) is 11.6 Å². The molecule has 0 spiro atoms. The van der Waals surface area contributed by atoms with Gasteiger partial charge in [-0.3, -0.25) is 4.79 Å². The Morgan fingerprint density at radius 2 is 1.88 bits per heavy atom. The molecule has 1 atom stereocenters. The molecule has 0 aliphatic carbocycles. The van der Waals surface area contributed by atoms with Gasteiger partial charge in [0.25, 0.3) is 5.91 Å². The number of nitrogens with zero attached hydrogens (tertiary/aromatic N) is 3. The van der Waals surface area contributed by atoms with Gasteiger partial charge in [-0.15, -0.1) is 10.2 Å². The molecule has 1 fully saturated rings. The second kappa shape index (κ2) is 9.18. The van der Waals surface area contributed by atoms with E-state index in [1.807, 2.05) is 0 Å². The predicted octanol–water partition coefficient (Wildman–Crippen LogP) is 4.29. The molecular formula is C20H17ClF2N4O3S2. The van der Waals surface area contributed by atoms with Gasteiger partial charge >= 0.3 is 0 Å². The Bertz CT molecular complexity index is 1250. The van der Waals surface area contributed by atoms with Gasteiger partial charge in [-0.25, -0.2) is 17.2 Å². The van der Waals surface area contributed by atoms with Crippen molar-refractivity contribution in [1.82, 2.24) is 14.5 Å². The number of nitrogens with one attached hydrogen (secondary N) is 1. The van der Waals surface area contributed by atoms with Crippen LogP contribution in [0.4, 0.5) is 14.5 Å². The van der Waals surface area contributed by atoms with Crippen LogP contribution in [0.3, 0.4) is 0 Å². The molecule has 168 valence electrons. The minimum atomic E-state index is -4.00. The lowest BCUT2D eigenvalue weighted by Crippen LogP contribution is -2.39. The summed E-state index contributed by atoms with van der Waals surface area (Å²) in [5.41, 5.74) is 0.553. The number of benzene rings is 2. The lowest BCUT2D eigenvalue weighted by molar-refractivity contribution is 0.102. The molecule has 1 N–H and O–H groups in total. The van der Waals surface area contributed by atoms with Crippen LogP contribution in [0.2, 0.25) is 5.02 Å². The maximum absolute atomic E-state index is 13.6. The molecule has 12 heteroatoms. The molecule has 3 aromatic rings. The van der Waals surface area contributed by atoms with Gasteiger partial charge in [0.05, 0.1) is 4.90 Å². The highest BCUT2D eigenvalue weighted by atomic mass is 35.5. The molecule has 1 saturated heterocycles. The fourth-order valence-corrected chi connectivity index (χ4v) is 5.88. The number of sulfonamides is 1. The number of carbonyl (C=O) groups is 1. The van der Waals surface area contributed by atoms with Crippen LogP contribution < -0.4 is 5.32 Å². The van der Waals surface area contributed by atoms with Crippen LogP contribution in [0, 0.1) is 11.6 Å². The zero-order chi connectivity index (χ0) is 22.9. The van der Waals surface area contributed by atoms with Gasteiger partial charge in [0, 0.05) is 29.7 Å². The number of aromatic nitrogens is 2. The van der Waals surface area contributed by atoms with Crippen molar-refractivity contribution in [2.24, 2.45) is 0 Å². The molecule has 7 nitrogen and oxygen atoms in total. The Labute approximate surface area is 192 Å². The average molecular weight is 499 g/mol. The summed E-state index contributed by atoms with van der Waals surface area (Å²) in [7, 11) is -4.00. The summed E-state index contributed by atoms with van der Waals surface area (Å²) >= 11 is 6.93. The van der Waals surface area contributed by atoms with Crippen molar-refractivity contribution in [3.05, 3.63) is 69.1 Å². The van der Waals surface area contributed by atoms with E-state index in [1.165, 1.54) is 4.31 Å². The fourth-order valence-electron chi connectivity index (χ4n) is 3.36. The normalized spacial score (nSPS) is 17.3. The summed E-state index contributed by atoms with van der Waals surface area (Å²) in [6.45, 7) is 0.356. The van der Waals surface area contributed by atoms with Crippen molar-refractivity contribution in [1.29, 1.82) is 0 Å². The van der Waals surface area contributed by atoms with E-state index >= 15 is 0 Å². The van der Waals surface area contributed by atoms with Crippen molar-refractivity contribution >= 4 is 44.6 Å². The highest BCUT2D eigenvalue weighted by Crippen LogP contribution is 2.32. The molecule has 1 amide bonds. The van der Waals surface area contributed by atoms with Gasteiger partial charge in [-0.05, 0) is 55.3 Å². The molecule has 2 heterocycles. The molecule has 1 aliphatic heterocycles. The van der Waals surface area contributed by atoms with E-state index in [9.17, 15) is 22.0 Å². The first-order valence-corrected chi connectivity index (χ1v) is 12.2. The average Bonchev–Trinajstić information content (AvgIpc) is 3.28. The second-order valence-corrected chi connectivity index (χ2v) is 10.6. The molecular weight excluding hydrogens is 482 g/mol. The molecule has 2 aromatic carbocycles. The van der Waals surface area contributed by atoms with Gasteiger partial charge < -0.3 is 5.32 Å². The van der Waals surface area contributed by atoms with Crippen molar-refractivity contribution in [2.75, 3.05) is 18.4 Å². The van der Waals surface area contributed by atoms with Crippen LogP contribution in [-0.4, -0.2) is 41.9 Å². The molecule has 1 unspecified atom stereocenters. The van der Waals surface area contributed by atoms with Gasteiger partial charge in [0.1, 0.15) is 5.01 Å². The van der Waals surface area contributed by atoms with Crippen LogP contribution in [0.1, 0.15) is 33.6 Å². The largest absolute Gasteiger partial charge is 0.320 e. The van der Waals surface area contributed by atoms with Gasteiger partial charge in [-0.1, -0.05) is 22.9 Å². The third-order valence-electron chi connectivity index (χ3n) is 5.00. The summed E-state index contributed by atoms with van der Waals surface area (Å²) in [4.78, 5) is 12.1. The smallest absolute Gasteiger partial charge is 0.286 e. The Morgan fingerprint density at radius 1 is 1.12 bits per heavy atom. The molecule has 4 rings (SSSR count). The van der Waals surface area contributed by atoms with E-state index in [2.05, 4.69) is 15.5 Å². The number of anilines is 1. The fraction of sp³-hybridized carbons (Fsp3) is 0.250. The van der Waals surface area contributed by atoms with Gasteiger partial charge in [0.2, 0.25) is 15.0 Å². The number of amides is 1. The first-order chi connectivity index (χ1) is 15.2. The number of halogens is 3. The number of hydrogen-bond acceptors (Lipinski definition) is 6. The SMILES string of the molecule is O=C(Nc1ccc(Cl)cc1)c1nnc(C2CCCN(S(=O)(=O)c3ccc(F)c(F)c3)C2)s1. The first kappa shape index (κ1) is 22.7. The Balaban J connectivity index is 1.48. The molecule has 1 aromatic heterocycles. The molecule has 0 bridgehead atoms. The number of carbonyl (C=O) groups excluding carboxylic acids is 1. The maximum atomic E-state index is 13.6. The van der Waals surface area contributed by atoms with Crippen LogP contribution in [0.15, 0.2) is 47.4 Å². The zero-order valence-corrected chi connectivity index (χ0v) is 18.9. The van der Waals surface area contributed by atoms with E-state index in [0.717, 1.165) is 23.5 Å². The summed E-state index contributed by atoms with van der Waals surface area (Å²) in [5.74, 6) is -3.03. The Kier molecular flexibility index (Phi) is 6.52. The van der Waals surface area contributed by atoms with Crippen molar-refractivity contribution in [2.45, 2.75) is 23.7 Å². The first-order valence-electron chi connectivity index (χ1n) is 9.59. The minimum Gasteiger partial charge on any atom is -0.320 e. The zero-order valence-electron chi connectivity index (χ0n) is 16.5. The third-order valence-corrected chi connectivity index (χ3v) is 8.20. The lowest BCUT2D eigenvalue weighted by atomic mass is 10.0. The Morgan fingerprint density at radius 3 is 2.59 bits per heavy atom. The Hall–Kier alpha value is -2.47. The van der Waals surface area contributed by atoms with E-state index in [0.29, 0.717) is 34.6 Å². The second-order valence-electron chi connectivity index (χ2n) is 7.18. The van der Waals surface area contributed by atoms with E-state index in [1.54, 1.807) is 24.3 Å². The lowest BCUT2D eigenvalue weighted by Gasteiger charge is -2.30. The number of rotatable bonds is 5. The molecule has 0 radical (unpaired) electrons. The highest BCUT2D eigenvalue weighted by molar-refractivity contribution is 7.89. The summed E-state index contributed by atoms with van der Waals surface area (Å²) in [6, 6.07) is 9.12. The highest BCUT2D eigenvalue weighted by Gasteiger charge is 2.33. The molecule has 1 aliphatic rings. The predicted molar refractivity (Wildman–Crippen MR) is 116 cm³/mol. The van der Waals surface area contributed by atoms with Crippen LogP contribution >= 0.6 is 22.9 Å². The van der Waals surface area contributed by atoms with E-state index < -0.39 is 27.6 Å². The standard InChI is InChI=1S/C20H17ClF2N4O3S2/c21-13-3-5-14(6-4-13)24-18(28)20-26-25-19(31-20)12-2-1-9-27(11-12)32(29,30)15-7-8-16(22)17(23)10-15/h3-8,10,12H,1-2,9,11H2,(H,24,28). The summed E-state index contributed by atoms with van der Waals surface area (Å²) in [6.07, 6.45) is 1.22. The van der Waals surface area contributed by atoms with Crippen LogP contribution in [0.5, 0.6) is 0 Å². The van der Waals surface area contributed by atoms with Crippen molar-refractivity contribution in [3.8, 4) is 0 Å². The van der Waals surface area contributed by atoms with Crippen LogP contribution in [0.25, 0.3) is 0 Å². The van der Waals surface area contributed by atoms with Crippen molar-refractivity contribution < 1.29 is 22.0 Å². The topological polar surface area (TPSA) is 92.3 Å². The maximum Gasteiger partial charge on any atom is 0.286 e. The summed E-state index contributed by atoms with van der Waals surface area (Å²) < 4.78 is 53.8. The molecule has 0 saturated carbocycles. The van der Waals surface area contributed by atoms with E-state index in [4.69, 9.17) is 11.6 Å². The third kappa shape index (κ3) is 4.80. The number of hydrogen-bond donors (Lipinski definition) is 1. The van der Waals surface area contributed by atoms with Crippen molar-refractivity contribution in [3.63, 3.8) is 0 Å².